The molecule has 0 fully saturated rings. The van der Waals surface area contributed by atoms with E-state index in [0.29, 0.717) is 28.2 Å². The number of aromatic nitrogens is 2. The number of carbonyl (C=O) groups excluding carboxylic acids is 1. The molecule has 0 spiro atoms. The number of benzene rings is 2. The maximum atomic E-state index is 13.0. The van der Waals surface area contributed by atoms with E-state index in [9.17, 15) is 9.59 Å². The molecule has 0 radical (unpaired) electrons. The van der Waals surface area contributed by atoms with Crippen molar-refractivity contribution in [2.24, 2.45) is 0 Å². The van der Waals surface area contributed by atoms with E-state index < -0.39 is 0 Å². The van der Waals surface area contributed by atoms with E-state index in [-0.39, 0.29) is 23.1 Å². The molecule has 0 N–H and O–H groups in total. The highest BCUT2D eigenvalue weighted by atomic mass is 32.2. The lowest BCUT2D eigenvalue weighted by Gasteiger charge is -2.18. The number of Topliss-reactive ketones (excluding diaryl/α,β-unsaturated/α-hetero) is 1. The summed E-state index contributed by atoms with van der Waals surface area (Å²) in [5.74, 6) is 0.244. The van der Waals surface area contributed by atoms with Gasteiger partial charge in [0.2, 0.25) is 0 Å². The van der Waals surface area contributed by atoms with Crippen LogP contribution in [-0.4, -0.2) is 34.8 Å². The summed E-state index contributed by atoms with van der Waals surface area (Å²) in [5, 5.41) is 1.10. The normalized spacial score (nSPS) is 12.3. The summed E-state index contributed by atoms with van der Waals surface area (Å²) >= 11 is 1.29. The predicted molar refractivity (Wildman–Crippen MR) is 114 cm³/mol. The fourth-order valence-electron chi connectivity index (χ4n) is 3.18. The van der Waals surface area contributed by atoms with E-state index in [4.69, 9.17) is 4.74 Å². The first-order chi connectivity index (χ1) is 13.4. The second-order valence-corrected chi connectivity index (χ2v) is 7.86. The number of ether oxygens (including phenoxy) is 1. The van der Waals surface area contributed by atoms with Gasteiger partial charge in [-0.15, -0.1) is 0 Å². The van der Waals surface area contributed by atoms with Gasteiger partial charge in [-0.05, 0) is 44.5 Å². The molecule has 1 aromatic heterocycles. The van der Waals surface area contributed by atoms with Crippen molar-refractivity contribution in [1.29, 1.82) is 0 Å². The predicted octanol–water partition coefficient (Wildman–Crippen LogP) is 4.20. The van der Waals surface area contributed by atoms with Crippen LogP contribution in [0.25, 0.3) is 10.9 Å². The molecule has 0 saturated heterocycles. The molecule has 0 saturated carbocycles. The minimum Gasteiger partial charge on any atom is -0.383 e. The van der Waals surface area contributed by atoms with Crippen LogP contribution in [0.2, 0.25) is 0 Å². The van der Waals surface area contributed by atoms with Crippen molar-refractivity contribution < 1.29 is 9.53 Å². The largest absolute Gasteiger partial charge is 0.383 e. The topological polar surface area (TPSA) is 61.2 Å². The van der Waals surface area contributed by atoms with Gasteiger partial charge in [0.25, 0.3) is 5.56 Å². The number of methoxy groups -OCH3 is 1. The van der Waals surface area contributed by atoms with Crippen molar-refractivity contribution in [3.8, 4) is 0 Å². The fourth-order valence-corrected chi connectivity index (χ4v) is 4.16. The molecule has 3 aromatic rings. The van der Waals surface area contributed by atoms with Crippen molar-refractivity contribution in [2.75, 3.05) is 19.5 Å². The zero-order chi connectivity index (χ0) is 20.3. The third-order valence-corrected chi connectivity index (χ3v) is 5.60. The second kappa shape index (κ2) is 8.71. The maximum Gasteiger partial charge on any atom is 0.262 e. The number of rotatable bonds is 7. The van der Waals surface area contributed by atoms with Crippen LogP contribution in [0.5, 0.6) is 0 Å². The number of nitrogens with zero attached hydrogens (tertiary/aromatic N) is 2. The molecule has 2 aromatic carbocycles. The molecule has 5 nitrogen and oxygen atoms in total. The standard InChI is InChI=1S/C22H24N2O3S/c1-14-9-10-15(2)18(11-14)20(25)13-28-22-23-19-8-6-5-7-17(19)21(26)24(22)16(3)12-27-4/h5-11,16H,12-13H2,1-4H3. The lowest BCUT2D eigenvalue weighted by Crippen LogP contribution is -2.28. The number of thioether (sulfide) groups is 1. The van der Waals surface area contributed by atoms with Gasteiger partial charge in [0.05, 0.1) is 29.3 Å². The Morgan fingerprint density at radius 1 is 1.21 bits per heavy atom. The molecule has 146 valence electrons. The minimum absolute atomic E-state index is 0.0274. The molecule has 0 aliphatic heterocycles. The van der Waals surface area contributed by atoms with Gasteiger partial charge in [0.1, 0.15) is 0 Å². The van der Waals surface area contributed by atoms with Crippen molar-refractivity contribution in [1.82, 2.24) is 9.55 Å². The molecule has 0 aliphatic rings. The van der Waals surface area contributed by atoms with Gasteiger partial charge in [-0.2, -0.15) is 0 Å². The van der Waals surface area contributed by atoms with Gasteiger partial charge in [0, 0.05) is 12.7 Å². The van der Waals surface area contributed by atoms with Gasteiger partial charge in [0.15, 0.2) is 10.9 Å². The lowest BCUT2D eigenvalue weighted by molar-refractivity contribution is 0.102. The number of fused-ring (bicyclic) bond motifs is 1. The first-order valence-corrected chi connectivity index (χ1v) is 10.1. The Labute approximate surface area is 168 Å². The highest BCUT2D eigenvalue weighted by molar-refractivity contribution is 7.99. The van der Waals surface area contributed by atoms with E-state index in [1.165, 1.54) is 11.8 Å². The molecule has 1 heterocycles. The summed E-state index contributed by atoms with van der Waals surface area (Å²) in [6.07, 6.45) is 0. The van der Waals surface area contributed by atoms with Crippen LogP contribution >= 0.6 is 11.8 Å². The average Bonchev–Trinajstić information content (AvgIpc) is 2.68. The van der Waals surface area contributed by atoms with Crippen LogP contribution in [0.4, 0.5) is 0 Å². The average molecular weight is 397 g/mol. The zero-order valence-corrected chi connectivity index (χ0v) is 17.4. The zero-order valence-electron chi connectivity index (χ0n) is 16.6. The van der Waals surface area contributed by atoms with Gasteiger partial charge in [-0.1, -0.05) is 41.6 Å². The SMILES string of the molecule is COCC(C)n1c(SCC(=O)c2cc(C)ccc2C)nc2ccccc2c1=O. The molecule has 1 unspecified atom stereocenters. The first-order valence-electron chi connectivity index (χ1n) is 9.16. The van der Waals surface area contributed by atoms with Gasteiger partial charge in [-0.25, -0.2) is 4.98 Å². The smallest absolute Gasteiger partial charge is 0.262 e. The van der Waals surface area contributed by atoms with Crippen molar-refractivity contribution in [2.45, 2.75) is 32.0 Å². The summed E-state index contributed by atoms with van der Waals surface area (Å²) in [5.41, 5.74) is 3.24. The Bertz CT molecular complexity index is 1080. The van der Waals surface area contributed by atoms with E-state index in [1.54, 1.807) is 17.7 Å². The van der Waals surface area contributed by atoms with E-state index in [1.807, 2.05) is 57.2 Å². The summed E-state index contributed by atoms with van der Waals surface area (Å²) in [6.45, 7) is 6.21. The monoisotopic (exact) mass is 396 g/mol. The molecule has 0 amide bonds. The van der Waals surface area contributed by atoms with Crippen molar-refractivity contribution >= 4 is 28.4 Å². The highest BCUT2D eigenvalue weighted by Gasteiger charge is 2.18. The van der Waals surface area contributed by atoms with Crippen LogP contribution in [0.3, 0.4) is 0 Å². The van der Waals surface area contributed by atoms with Crippen LogP contribution in [-0.2, 0) is 4.74 Å². The highest BCUT2D eigenvalue weighted by Crippen LogP contribution is 2.23. The Balaban J connectivity index is 1.97. The van der Waals surface area contributed by atoms with Crippen molar-refractivity contribution in [3.05, 3.63) is 69.5 Å². The Morgan fingerprint density at radius 3 is 2.71 bits per heavy atom. The van der Waals surface area contributed by atoms with Crippen LogP contribution < -0.4 is 5.56 Å². The van der Waals surface area contributed by atoms with Gasteiger partial charge in [-0.3, -0.25) is 14.2 Å². The van der Waals surface area contributed by atoms with Crippen LogP contribution in [0, 0.1) is 13.8 Å². The Hall–Kier alpha value is -2.44. The van der Waals surface area contributed by atoms with Crippen molar-refractivity contribution in [3.63, 3.8) is 0 Å². The quantitative estimate of drug-likeness (QED) is 0.340. The molecule has 0 bridgehead atoms. The second-order valence-electron chi connectivity index (χ2n) is 6.92. The summed E-state index contributed by atoms with van der Waals surface area (Å²) in [7, 11) is 1.60. The summed E-state index contributed by atoms with van der Waals surface area (Å²) in [6, 6.07) is 12.9. The molecule has 0 aliphatic carbocycles. The lowest BCUT2D eigenvalue weighted by atomic mass is 10.0. The number of aryl methyl sites for hydroxylation is 2. The van der Waals surface area contributed by atoms with Gasteiger partial charge < -0.3 is 4.74 Å². The summed E-state index contributed by atoms with van der Waals surface area (Å²) in [4.78, 5) is 30.5. The summed E-state index contributed by atoms with van der Waals surface area (Å²) < 4.78 is 6.87. The molecule has 1 atom stereocenters. The molecular weight excluding hydrogens is 372 g/mol. The molecular formula is C22H24N2O3S. The van der Waals surface area contributed by atoms with Crippen LogP contribution in [0.15, 0.2) is 52.4 Å². The van der Waals surface area contributed by atoms with Crippen LogP contribution in [0.1, 0.15) is 34.5 Å². The number of hydrogen-bond acceptors (Lipinski definition) is 5. The minimum atomic E-state index is -0.187. The number of hydrogen-bond donors (Lipinski definition) is 0. The third-order valence-electron chi connectivity index (χ3n) is 4.65. The Morgan fingerprint density at radius 2 is 1.96 bits per heavy atom. The number of para-hydroxylation sites is 1. The molecule has 28 heavy (non-hydrogen) atoms. The molecule has 3 rings (SSSR count). The maximum absolute atomic E-state index is 13.0. The number of carbonyl (C=O) groups is 1. The third kappa shape index (κ3) is 4.18. The van der Waals surface area contributed by atoms with E-state index >= 15 is 0 Å². The number of ketones is 1. The van der Waals surface area contributed by atoms with E-state index in [2.05, 4.69) is 4.98 Å². The van der Waals surface area contributed by atoms with Gasteiger partial charge >= 0.3 is 0 Å². The Kier molecular flexibility index (Phi) is 6.31. The first kappa shape index (κ1) is 20.3. The molecule has 6 heteroatoms. The fraction of sp³-hybridized carbons (Fsp3) is 0.318. The van der Waals surface area contributed by atoms with E-state index in [0.717, 1.165) is 11.1 Å².